The molecular formula is C13H25NO3. The second-order valence-electron chi connectivity index (χ2n) is 5.01. The molecule has 1 fully saturated rings. The number of carbonyl (C=O) groups excluding carboxylic acids is 1. The van der Waals surface area contributed by atoms with E-state index in [9.17, 15) is 4.79 Å². The summed E-state index contributed by atoms with van der Waals surface area (Å²) in [5.41, 5.74) is 0. The van der Waals surface area contributed by atoms with Crippen LogP contribution in [0.3, 0.4) is 0 Å². The fourth-order valence-corrected chi connectivity index (χ4v) is 2.38. The Hall–Kier alpha value is -0.610. The van der Waals surface area contributed by atoms with Gasteiger partial charge in [0.15, 0.2) is 0 Å². The number of aliphatic hydroxyl groups is 1. The maximum atomic E-state index is 12.2. The number of methoxy groups -OCH3 is 1. The van der Waals surface area contributed by atoms with Gasteiger partial charge in [-0.2, -0.15) is 0 Å². The number of ether oxygens (including phenoxy) is 1. The number of aliphatic hydroxyl groups excluding tert-OH is 1. The average molecular weight is 243 g/mol. The number of amides is 1. The normalized spacial score (nSPS) is 22.5. The van der Waals surface area contributed by atoms with Crippen LogP contribution < -0.4 is 0 Å². The van der Waals surface area contributed by atoms with Crippen LogP contribution >= 0.6 is 0 Å². The molecule has 2 unspecified atom stereocenters. The van der Waals surface area contributed by atoms with E-state index in [1.807, 2.05) is 11.8 Å². The van der Waals surface area contributed by atoms with Gasteiger partial charge in [0.05, 0.1) is 0 Å². The predicted molar refractivity (Wildman–Crippen MR) is 66.7 cm³/mol. The van der Waals surface area contributed by atoms with Gasteiger partial charge in [-0.15, -0.1) is 0 Å². The number of likely N-dealkylation sites (tertiary alicyclic amines) is 1. The Morgan fingerprint density at radius 3 is 3.00 bits per heavy atom. The molecule has 0 aromatic rings. The minimum absolute atomic E-state index is 0.0718. The van der Waals surface area contributed by atoms with E-state index in [1.165, 1.54) is 0 Å². The van der Waals surface area contributed by atoms with Gasteiger partial charge in [-0.05, 0) is 31.6 Å². The van der Waals surface area contributed by atoms with E-state index >= 15 is 0 Å². The van der Waals surface area contributed by atoms with Crippen LogP contribution in [-0.2, 0) is 9.53 Å². The lowest BCUT2D eigenvalue weighted by Gasteiger charge is -2.33. The summed E-state index contributed by atoms with van der Waals surface area (Å²) in [7, 11) is 1.68. The van der Waals surface area contributed by atoms with Gasteiger partial charge in [0.2, 0.25) is 5.91 Å². The molecule has 1 aliphatic heterocycles. The highest BCUT2D eigenvalue weighted by Gasteiger charge is 2.25. The molecule has 0 aliphatic carbocycles. The molecule has 1 N–H and O–H groups in total. The van der Waals surface area contributed by atoms with E-state index in [0.717, 1.165) is 45.4 Å². The van der Waals surface area contributed by atoms with Crippen molar-refractivity contribution in [2.45, 2.75) is 32.6 Å². The molecule has 1 aliphatic rings. The molecule has 0 spiro atoms. The lowest BCUT2D eigenvalue weighted by molar-refractivity contribution is -0.137. The fourth-order valence-electron chi connectivity index (χ4n) is 2.38. The van der Waals surface area contributed by atoms with Crippen LogP contribution in [0.25, 0.3) is 0 Å². The topological polar surface area (TPSA) is 49.8 Å². The number of hydrogen-bond acceptors (Lipinski definition) is 3. The van der Waals surface area contributed by atoms with Crippen molar-refractivity contribution in [1.29, 1.82) is 0 Å². The second-order valence-corrected chi connectivity index (χ2v) is 5.01. The van der Waals surface area contributed by atoms with Crippen molar-refractivity contribution in [2.75, 3.05) is 33.4 Å². The largest absolute Gasteiger partial charge is 0.396 e. The maximum absolute atomic E-state index is 12.2. The van der Waals surface area contributed by atoms with Gasteiger partial charge in [-0.1, -0.05) is 6.92 Å². The Balaban J connectivity index is 2.34. The molecule has 4 heteroatoms. The first-order valence-corrected chi connectivity index (χ1v) is 6.57. The summed E-state index contributed by atoms with van der Waals surface area (Å²) in [6.45, 7) is 4.48. The van der Waals surface area contributed by atoms with Crippen molar-refractivity contribution in [3.05, 3.63) is 0 Å². The average Bonchev–Trinajstić information content (AvgIpc) is 2.38. The number of piperidine rings is 1. The van der Waals surface area contributed by atoms with Crippen LogP contribution in [0.5, 0.6) is 0 Å². The quantitative estimate of drug-likeness (QED) is 0.715. The van der Waals surface area contributed by atoms with Crippen LogP contribution in [-0.4, -0.2) is 49.3 Å². The van der Waals surface area contributed by atoms with E-state index in [4.69, 9.17) is 9.84 Å². The molecule has 1 rings (SSSR count). The van der Waals surface area contributed by atoms with Crippen LogP contribution in [0.1, 0.15) is 32.6 Å². The van der Waals surface area contributed by atoms with Crippen molar-refractivity contribution >= 4 is 5.91 Å². The van der Waals surface area contributed by atoms with Crippen molar-refractivity contribution in [3.8, 4) is 0 Å². The Labute approximate surface area is 104 Å². The van der Waals surface area contributed by atoms with Crippen molar-refractivity contribution in [2.24, 2.45) is 11.8 Å². The summed E-state index contributed by atoms with van der Waals surface area (Å²) in [6.07, 6.45) is 3.87. The van der Waals surface area contributed by atoms with E-state index in [1.54, 1.807) is 7.11 Å². The summed E-state index contributed by atoms with van der Waals surface area (Å²) in [6, 6.07) is 0. The van der Waals surface area contributed by atoms with Crippen LogP contribution in [0.4, 0.5) is 0 Å². The van der Waals surface area contributed by atoms with Crippen molar-refractivity contribution < 1.29 is 14.6 Å². The molecule has 0 aromatic heterocycles. The van der Waals surface area contributed by atoms with Crippen molar-refractivity contribution in [3.63, 3.8) is 0 Å². The molecule has 0 aromatic carbocycles. The summed E-state index contributed by atoms with van der Waals surface area (Å²) in [5.74, 6) is 0.584. The van der Waals surface area contributed by atoms with E-state index < -0.39 is 0 Å². The number of hydrogen-bond donors (Lipinski definition) is 1. The SMILES string of the molecule is COCCCC(C)C(=O)N1CCCC(CO)C1. The summed E-state index contributed by atoms with van der Waals surface area (Å²) < 4.78 is 4.99. The minimum Gasteiger partial charge on any atom is -0.396 e. The maximum Gasteiger partial charge on any atom is 0.225 e. The monoisotopic (exact) mass is 243 g/mol. The lowest BCUT2D eigenvalue weighted by Crippen LogP contribution is -2.43. The summed E-state index contributed by atoms with van der Waals surface area (Å²) in [4.78, 5) is 14.1. The highest BCUT2D eigenvalue weighted by molar-refractivity contribution is 5.78. The van der Waals surface area contributed by atoms with Gasteiger partial charge in [0, 0.05) is 39.3 Å². The molecular weight excluding hydrogens is 218 g/mol. The molecule has 17 heavy (non-hydrogen) atoms. The Kier molecular flexibility index (Phi) is 6.52. The highest BCUT2D eigenvalue weighted by atomic mass is 16.5. The molecule has 0 bridgehead atoms. The summed E-state index contributed by atoms with van der Waals surface area (Å²) >= 11 is 0. The second kappa shape index (κ2) is 7.67. The van der Waals surface area contributed by atoms with E-state index in [2.05, 4.69) is 0 Å². The number of rotatable bonds is 6. The molecule has 1 amide bonds. The molecule has 2 atom stereocenters. The molecule has 4 nitrogen and oxygen atoms in total. The highest BCUT2D eigenvalue weighted by Crippen LogP contribution is 2.19. The third-order valence-electron chi connectivity index (χ3n) is 3.50. The van der Waals surface area contributed by atoms with Gasteiger partial charge in [-0.25, -0.2) is 0 Å². The summed E-state index contributed by atoms with van der Waals surface area (Å²) in [5, 5.41) is 9.15. The van der Waals surface area contributed by atoms with Gasteiger partial charge in [0.1, 0.15) is 0 Å². The molecule has 100 valence electrons. The first-order valence-electron chi connectivity index (χ1n) is 6.57. The number of carbonyl (C=O) groups is 1. The van der Waals surface area contributed by atoms with Crippen molar-refractivity contribution in [1.82, 2.24) is 4.90 Å². The minimum atomic E-state index is 0.0718. The molecule has 1 saturated heterocycles. The Morgan fingerprint density at radius 2 is 2.35 bits per heavy atom. The Bertz CT molecular complexity index is 233. The first kappa shape index (κ1) is 14.5. The molecule has 0 saturated carbocycles. The van der Waals surface area contributed by atoms with Gasteiger partial charge < -0.3 is 14.7 Å². The van der Waals surface area contributed by atoms with E-state index in [-0.39, 0.29) is 24.3 Å². The molecule has 1 heterocycles. The Morgan fingerprint density at radius 1 is 1.59 bits per heavy atom. The molecule has 0 radical (unpaired) electrons. The zero-order valence-electron chi connectivity index (χ0n) is 11.0. The predicted octanol–water partition coefficient (Wildman–Crippen LogP) is 1.28. The third kappa shape index (κ3) is 4.64. The fraction of sp³-hybridized carbons (Fsp3) is 0.923. The smallest absolute Gasteiger partial charge is 0.225 e. The van der Waals surface area contributed by atoms with Gasteiger partial charge in [-0.3, -0.25) is 4.79 Å². The standard InChI is InChI=1S/C13H25NO3/c1-11(5-4-8-17-2)13(16)14-7-3-6-12(9-14)10-15/h11-12,15H,3-10H2,1-2H3. The van der Waals surface area contributed by atoms with Crippen LogP contribution in [0.2, 0.25) is 0 Å². The zero-order chi connectivity index (χ0) is 12.7. The zero-order valence-corrected chi connectivity index (χ0v) is 11.0. The first-order chi connectivity index (χ1) is 8.19. The van der Waals surface area contributed by atoms with Crippen LogP contribution in [0.15, 0.2) is 0 Å². The van der Waals surface area contributed by atoms with Crippen LogP contribution in [0, 0.1) is 11.8 Å². The third-order valence-corrected chi connectivity index (χ3v) is 3.50. The van der Waals surface area contributed by atoms with Gasteiger partial charge >= 0.3 is 0 Å². The van der Waals surface area contributed by atoms with Gasteiger partial charge in [0.25, 0.3) is 0 Å². The van der Waals surface area contributed by atoms with E-state index in [0.29, 0.717) is 0 Å². The number of nitrogens with zero attached hydrogens (tertiary/aromatic N) is 1. The lowest BCUT2D eigenvalue weighted by atomic mass is 9.96.